The predicted octanol–water partition coefficient (Wildman–Crippen LogP) is 2.78. The molecule has 1 heterocycles. The van der Waals surface area contributed by atoms with Crippen LogP contribution in [0.15, 0.2) is 12.5 Å². The number of aromatic nitrogens is 2. The summed E-state index contributed by atoms with van der Waals surface area (Å²) in [5.41, 5.74) is -0.416. The van der Waals surface area contributed by atoms with E-state index in [9.17, 15) is 0 Å². The van der Waals surface area contributed by atoms with Crippen molar-refractivity contribution in [1.29, 1.82) is 0 Å². The first-order chi connectivity index (χ1) is 6.61. The summed E-state index contributed by atoms with van der Waals surface area (Å²) >= 11 is 17.4. The number of halogens is 3. The summed E-state index contributed by atoms with van der Waals surface area (Å²) in [6.45, 7) is 1.89. The van der Waals surface area contributed by atoms with Crippen LogP contribution in [0, 0.1) is 0 Å². The van der Waals surface area contributed by atoms with Crippen molar-refractivity contribution in [3.8, 4) is 0 Å². The highest BCUT2D eigenvalue weighted by Gasteiger charge is 2.23. The van der Waals surface area contributed by atoms with Gasteiger partial charge in [0.05, 0.1) is 11.7 Å². The Morgan fingerprint density at radius 1 is 1.43 bits per heavy atom. The molecule has 0 fully saturated rings. The van der Waals surface area contributed by atoms with E-state index >= 15 is 0 Å². The third-order valence-electron chi connectivity index (χ3n) is 1.68. The lowest BCUT2D eigenvalue weighted by Gasteiger charge is -2.26. The van der Waals surface area contributed by atoms with Crippen molar-refractivity contribution >= 4 is 40.6 Å². The minimum absolute atomic E-state index is 0.372. The Morgan fingerprint density at radius 2 is 2.07 bits per heavy atom. The van der Waals surface area contributed by atoms with Crippen LogP contribution < -0.4 is 5.32 Å². The molecule has 0 amide bonds. The molecule has 0 aliphatic heterocycles. The van der Waals surface area contributed by atoms with Gasteiger partial charge in [-0.3, -0.25) is 0 Å². The van der Waals surface area contributed by atoms with Gasteiger partial charge in [0.2, 0.25) is 0 Å². The first-order valence-electron chi connectivity index (χ1n) is 3.97. The summed E-state index contributed by atoms with van der Waals surface area (Å²) in [6, 6.07) is 0. The lowest BCUT2D eigenvalue weighted by molar-refractivity contribution is 0.645. The largest absolute Gasteiger partial charge is 0.361 e. The Hall–Kier alpha value is -0.250. The Kier molecular flexibility index (Phi) is 4.23. The van der Waals surface area contributed by atoms with Gasteiger partial charge >= 0.3 is 0 Å². The van der Waals surface area contributed by atoms with Gasteiger partial charge in [-0.1, -0.05) is 11.6 Å². The van der Waals surface area contributed by atoms with Crippen molar-refractivity contribution in [3.63, 3.8) is 0 Å². The van der Waals surface area contributed by atoms with Crippen LogP contribution in [-0.2, 0) is 0 Å². The monoisotopic (exact) mass is 253 g/mol. The van der Waals surface area contributed by atoms with E-state index in [1.54, 1.807) is 0 Å². The van der Waals surface area contributed by atoms with Gasteiger partial charge in [0.25, 0.3) is 0 Å². The van der Waals surface area contributed by atoms with Gasteiger partial charge in [0.15, 0.2) is 0 Å². The molecule has 1 rings (SSSR count). The van der Waals surface area contributed by atoms with Crippen LogP contribution in [0.4, 0.5) is 5.82 Å². The Balaban J connectivity index is 2.82. The normalized spacial score (nSPS) is 11.4. The number of hydrogen-bond acceptors (Lipinski definition) is 3. The van der Waals surface area contributed by atoms with Gasteiger partial charge in [0, 0.05) is 11.8 Å². The summed E-state index contributed by atoms with van der Waals surface area (Å²) in [5.74, 6) is 1.29. The molecule has 1 aromatic heterocycles. The molecule has 0 radical (unpaired) electrons. The van der Waals surface area contributed by atoms with Crippen LogP contribution in [-0.4, -0.2) is 27.3 Å². The maximum absolute atomic E-state index is 5.87. The topological polar surface area (TPSA) is 37.8 Å². The van der Waals surface area contributed by atoms with Crippen LogP contribution in [0.3, 0.4) is 0 Å². The van der Waals surface area contributed by atoms with E-state index in [0.717, 1.165) is 0 Å². The third-order valence-corrected chi connectivity index (χ3v) is 3.13. The zero-order valence-corrected chi connectivity index (χ0v) is 9.87. The predicted molar refractivity (Wildman–Crippen MR) is 60.5 cm³/mol. The van der Waals surface area contributed by atoms with Crippen molar-refractivity contribution in [1.82, 2.24) is 9.97 Å². The number of alkyl halides is 2. The second-order valence-corrected chi connectivity index (χ2v) is 4.11. The van der Waals surface area contributed by atoms with E-state index in [1.807, 2.05) is 6.92 Å². The maximum atomic E-state index is 5.87. The molecule has 0 unspecified atom stereocenters. The summed E-state index contributed by atoms with van der Waals surface area (Å²) in [5, 5.41) is 3.53. The number of nitrogens with one attached hydrogen (secondary N) is 1. The minimum atomic E-state index is -0.416. The molecule has 1 N–H and O–H groups in total. The van der Waals surface area contributed by atoms with E-state index in [-0.39, 0.29) is 0 Å². The Morgan fingerprint density at radius 3 is 2.57 bits per heavy atom. The van der Waals surface area contributed by atoms with E-state index < -0.39 is 5.54 Å². The molecule has 3 nitrogen and oxygen atoms in total. The van der Waals surface area contributed by atoms with Crippen LogP contribution >= 0.6 is 34.8 Å². The minimum Gasteiger partial charge on any atom is -0.361 e. The lowest BCUT2D eigenvalue weighted by Crippen LogP contribution is -2.39. The number of hydrogen-bond donors (Lipinski definition) is 1. The first kappa shape index (κ1) is 11.8. The molecule has 0 atom stereocenters. The Labute approximate surface area is 97.8 Å². The fraction of sp³-hybridized carbons (Fsp3) is 0.500. The average molecular weight is 255 g/mol. The van der Waals surface area contributed by atoms with Crippen molar-refractivity contribution in [2.45, 2.75) is 12.5 Å². The highest BCUT2D eigenvalue weighted by Crippen LogP contribution is 2.22. The number of nitrogens with zero attached hydrogens (tertiary/aromatic N) is 2. The lowest BCUT2D eigenvalue weighted by atomic mass is 10.1. The molecule has 78 valence electrons. The molecule has 1 aromatic rings. The Bertz CT molecular complexity index is 302. The zero-order chi connectivity index (χ0) is 10.6. The van der Waals surface area contributed by atoms with Crippen LogP contribution in [0.25, 0.3) is 0 Å². The van der Waals surface area contributed by atoms with E-state index in [0.29, 0.717) is 22.6 Å². The molecule has 0 saturated carbocycles. The van der Waals surface area contributed by atoms with Crippen molar-refractivity contribution < 1.29 is 0 Å². The molecule has 0 aliphatic rings. The summed E-state index contributed by atoms with van der Waals surface area (Å²) in [7, 11) is 0. The van der Waals surface area contributed by atoms with Gasteiger partial charge in [-0.25, -0.2) is 9.97 Å². The van der Waals surface area contributed by atoms with E-state index in [2.05, 4.69) is 15.3 Å². The van der Waals surface area contributed by atoms with Crippen LogP contribution in [0.2, 0.25) is 5.02 Å². The molecule has 0 aromatic carbocycles. The summed E-state index contributed by atoms with van der Waals surface area (Å²) in [4.78, 5) is 7.77. The third kappa shape index (κ3) is 2.87. The van der Waals surface area contributed by atoms with E-state index in [1.165, 1.54) is 12.5 Å². The first-order valence-corrected chi connectivity index (χ1v) is 5.41. The second kappa shape index (κ2) is 5.01. The summed E-state index contributed by atoms with van der Waals surface area (Å²) < 4.78 is 0. The van der Waals surface area contributed by atoms with Crippen LogP contribution in [0.5, 0.6) is 0 Å². The molecule has 0 bridgehead atoms. The molecular weight excluding hydrogens is 244 g/mol. The molecule has 14 heavy (non-hydrogen) atoms. The van der Waals surface area contributed by atoms with Gasteiger partial charge < -0.3 is 5.32 Å². The fourth-order valence-corrected chi connectivity index (χ4v) is 1.36. The van der Waals surface area contributed by atoms with Gasteiger partial charge in [-0.15, -0.1) is 23.2 Å². The highest BCUT2D eigenvalue weighted by atomic mass is 35.5. The quantitative estimate of drug-likeness (QED) is 0.840. The maximum Gasteiger partial charge on any atom is 0.148 e. The molecule has 0 spiro atoms. The smallest absolute Gasteiger partial charge is 0.148 e. The van der Waals surface area contributed by atoms with Gasteiger partial charge in [0.1, 0.15) is 17.2 Å². The van der Waals surface area contributed by atoms with Gasteiger partial charge in [-0.2, -0.15) is 0 Å². The van der Waals surface area contributed by atoms with E-state index in [4.69, 9.17) is 34.8 Å². The molecule has 0 saturated heterocycles. The average Bonchev–Trinajstić information content (AvgIpc) is 2.21. The summed E-state index contributed by atoms with van der Waals surface area (Å²) in [6.07, 6.45) is 2.93. The molecule has 0 aliphatic carbocycles. The fourth-order valence-electron chi connectivity index (χ4n) is 0.793. The highest BCUT2D eigenvalue weighted by molar-refractivity contribution is 6.32. The van der Waals surface area contributed by atoms with Gasteiger partial charge in [-0.05, 0) is 6.92 Å². The van der Waals surface area contributed by atoms with Crippen LogP contribution in [0.1, 0.15) is 6.92 Å². The molecular formula is C8H10Cl3N3. The zero-order valence-electron chi connectivity index (χ0n) is 7.60. The standard InChI is InChI=1S/C8H10Cl3N3/c1-8(3-9,4-10)14-7-6(11)2-12-5-13-7/h2,5H,3-4H2,1H3,(H,12,13,14). The van der Waals surface area contributed by atoms with Crippen molar-refractivity contribution in [2.24, 2.45) is 0 Å². The van der Waals surface area contributed by atoms with Crippen molar-refractivity contribution in [2.75, 3.05) is 17.1 Å². The SMILES string of the molecule is CC(CCl)(CCl)Nc1ncncc1Cl. The number of anilines is 1. The number of rotatable bonds is 4. The molecule has 6 heteroatoms. The van der Waals surface area contributed by atoms with Crippen molar-refractivity contribution in [3.05, 3.63) is 17.5 Å². The second-order valence-electron chi connectivity index (χ2n) is 3.17.